The SMILES string of the molecule is CC1CC1C(=O)OC(C)(C)C. The van der Waals surface area contributed by atoms with Crippen LogP contribution in [0.3, 0.4) is 0 Å². The average Bonchev–Trinajstić information content (AvgIpc) is 2.41. The summed E-state index contributed by atoms with van der Waals surface area (Å²) >= 11 is 0. The molecule has 0 N–H and O–H groups in total. The average molecular weight is 156 g/mol. The van der Waals surface area contributed by atoms with Crippen molar-refractivity contribution >= 4 is 5.97 Å². The third kappa shape index (κ3) is 2.52. The molecule has 0 aliphatic heterocycles. The second-order valence-corrected chi connectivity index (χ2v) is 4.35. The Labute approximate surface area is 67.9 Å². The molecule has 11 heavy (non-hydrogen) atoms. The van der Waals surface area contributed by atoms with E-state index in [1.807, 2.05) is 20.8 Å². The fourth-order valence-corrected chi connectivity index (χ4v) is 1.03. The molecule has 0 aromatic carbocycles. The standard InChI is InChI=1S/C9H16O2/c1-6-5-7(6)8(10)11-9(2,3)4/h6-7H,5H2,1-4H3. The highest BCUT2D eigenvalue weighted by atomic mass is 16.6. The van der Waals surface area contributed by atoms with E-state index in [9.17, 15) is 4.79 Å². The maximum Gasteiger partial charge on any atom is 0.309 e. The summed E-state index contributed by atoms with van der Waals surface area (Å²) in [6.07, 6.45) is 1.01. The molecule has 2 heteroatoms. The maximum absolute atomic E-state index is 11.2. The van der Waals surface area contributed by atoms with Gasteiger partial charge in [0.2, 0.25) is 0 Å². The van der Waals surface area contributed by atoms with Gasteiger partial charge in [0.25, 0.3) is 0 Å². The monoisotopic (exact) mass is 156 g/mol. The van der Waals surface area contributed by atoms with Gasteiger partial charge < -0.3 is 4.74 Å². The molecule has 1 aliphatic rings. The highest BCUT2D eigenvalue weighted by molar-refractivity contribution is 5.75. The number of hydrogen-bond acceptors (Lipinski definition) is 2. The minimum Gasteiger partial charge on any atom is -0.460 e. The fraction of sp³-hybridized carbons (Fsp3) is 0.889. The van der Waals surface area contributed by atoms with E-state index in [1.54, 1.807) is 0 Å². The van der Waals surface area contributed by atoms with Crippen LogP contribution in [0.25, 0.3) is 0 Å². The molecule has 0 aromatic rings. The molecule has 0 spiro atoms. The normalized spacial score (nSPS) is 29.8. The minimum atomic E-state index is -0.320. The third-order valence-electron chi connectivity index (χ3n) is 1.82. The summed E-state index contributed by atoms with van der Waals surface area (Å²) in [6, 6.07) is 0. The number of ether oxygens (including phenoxy) is 1. The van der Waals surface area contributed by atoms with Crippen molar-refractivity contribution in [3.8, 4) is 0 Å². The highest BCUT2D eigenvalue weighted by Crippen LogP contribution is 2.39. The third-order valence-corrected chi connectivity index (χ3v) is 1.82. The van der Waals surface area contributed by atoms with Gasteiger partial charge in [-0.15, -0.1) is 0 Å². The lowest BCUT2D eigenvalue weighted by molar-refractivity contribution is -0.156. The summed E-state index contributed by atoms with van der Waals surface area (Å²) in [6.45, 7) is 7.78. The lowest BCUT2D eigenvalue weighted by atomic mass is 10.2. The van der Waals surface area contributed by atoms with Gasteiger partial charge in [0, 0.05) is 0 Å². The van der Waals surface area contributed by atoms with Gasteiger partial charge in [-0.1, -0.05) is 6.92 Å². The predicted octanol–water partition coefficient (Wildman–Crippen LogP) is 1.98. The van der Waals surface area contributed by atoms with Crippen LogP contribution in [0.1, 0.15) is 34.1 Å². The van der Waals surface area contributed by atoms with Gasteiger partial charge in [-0.2, -0.15) is 0 Å². The molecular weight excluding hydrogens is 140 g/mol. The van der Waals surface area contributed by atoms with E-state index in [-0.39, 0.29) is 17.5 Å². The van der Waals surface area contributed by atoms with Gasteiger partial charge in [-0.05, 0) is 33.1 Å². The topological polar surface area (TPSA) is 26.3 Å². The maximum atomic E-state index is 11.2. The second kappa shape index (κ2) is 2.50. The molecule has 0 amide bonds. The molecule has 0 saturated heterocycles. The van der Waals surface area contributed by atoms with Crippen LogP contribution in [-0.2, 0) is 9.53 Å². The molecule has 1 rings (SSSR count). The van der Waals surface area contributed by atoms with E-state index in [2.05, 4.69) is 6.92 Å². The Morgan fingerprint density at radius 1 is 1.45 bits per heavy atom. The lowest BCUT2D eigenvalue weighted by Crippen LogP contribution is -2.25. The molecule has 2 nitrogen and oxygen atoms in total. The Kier molecular flexibility index (Phi) is 1.95. The predicted molar refractivity (Wildman–Crippen MR) is 43.1 cm³/mol. The van der Waals surface area contributed by atoms with Crippen molar-refractivity contribution in [1.29, 1.82) is 0 Å². The van der Waals surface area contributed by atoms with Crippen molar-refractivity contribution in [2.45, 2.75) is 39.7 Å². The summed E-state index contributed by atoms with van der Waals surface area (Å²) < 4.78 is 5.19. The van der Waals surface area contributed by atoms with E-state index in [0.29, 0.717) is 5.92 Å². The Hall–Kier alpha value is -0.530. The summed E-state index contributed by atoms with van der Waals surface area (Å²) in [4.78, 5) is 11.2. The van der Waals surface area contributed by atoms with Crippen LogP contribution >= 0.6 is 0 Å². The lowest BCUT2D eigenvalue weighted by Gasteiger charge is -2.19. The first-order chi connectivity index (χ1) is 4.90. The van der Waals surface area contributed by atoms with Crippen LogP contribution in [0.4, 0.5) is 0 Å². The summed E-state index contributed by atoms with van der Waals surface area (Å²) in [5.74, 6) is 0.712. The quantitative estimate of drug-likeness (QED) is 0.543. The highest BCUT2D eigenvalue weighted by Gasteiger charge is 2.41. The first kappa shape index (κ1) is 8.57. The zero-order valence-electron chi connectivity index (χ0n) is 7.68. The molecular formula is C9H16O2. The van der Waals surface area contributed by atoms with Gasteiger partial charge in [0.05, 0.1) is 5.92 Å². The number of carbonyl (C=O) groups excluding carboxylic acids is 1. The Bertz CT molecular complexity index is 167. The van der Waals surface area contributed by atoms with E-state index >= 15 is 0 Å². The largest absolute Gasteiger partial charge is 0.460 e. The number of hydrogen-bond donors (Lipinski definition) is 0. The Balaban J connectivity index is 2.33. The minimum absolute atomic E-state index is 0.0231. The van der Waals surface area contributed by atoms with Crippen molar-refractivity contribution in [3.63, 3.8) is 0 Å². The number of esters is 1. The summed E-state index contributed by atoms with van der Waals surface area (Å²) in [7, 11) is 0. The van der Waals surface area contributed by atoms with E-state index in [0.717, 1.165) is 6.42 Å². The van der Waals surface area contributed by atoms with Crippen LogP contribution in [0.15, 0.2) is 0 Å². The number of carbonyl (C=O) groups is 1. The van der Waals surface area contributed by atoms with E-state index in [1.165, 1.54) is 0 Å². The molecule has 2 atom stereocenters. The van der Waals surface area contributed by atoms with Crippen molar-refractivity contribution in [3.05, 3.63) is 0 Å². The van der Waals surface area contributed by atoms with Crippen LogP contribution in [0.5, 0.6) is 0 Å². The summed E-state index contributed by atoms with van der Waals surface area (Å²) in [5, 5.41) is 0. The molecule has 1 fully saturated rings. The van der Waals surface area contributed by atoms with Crippen molar-refractivity contribution in [1.82, 2.24) is 0 Å². The van der Waals surface area contributed by atoms with Gasteiger partial charge in [-0.25, -0.2) is 0 Å². The van der Waals surface area contributed by atoms with Crippen LogP contribution < -0.4 is 0 Å². The molecule has 1 saturated carbocycles. The van der Waals surface area contributed by atoms with Crippen molar-refractivity contribution in [2.24, 2.45) is 11.8 Å². The molecule has 0 heterocycles. The second-order valence-electron chi connectivity index (χ2n) is 4.35. The van der Waals surface area contributed by atoms with Gasteiger partial charge in [0.1, 0.15) is 5.60 Å². The molecule has 1 aliphatic carbocycles. The van der Waals surface area contributed by atoms with Crippen LogP contribution in [0, 0.1) is 11.8 Å². The Morgan fingerprint density at radius 3 is 2.18 bits per heavy atom. The van der Waals surface area contributed by atoms with Gasteiger partial charge in [-0.3, -0.25) is 4.79 Å². The van der Waals surface area contributed by atoms with Gasteiger partial charge >= 0.3 is 5.97 Å². The molecule has 2 unspecified atom stereocenters. The van der Waals surface area contributed by atoms with Crippen LogP contribution in [-0.4, -0.2) is 11.6 Å². The Morgan fingerprint density at radius 2 is 1.91 bits per heavy atom. The fourth-order valence-electron chi connectivity index (χ4n) is 1.03. The summed E-state index contributed by atoms with van der Waals surface area (Å²) in [5.41, 5.74) is -0.320. The van der Waals surface area contributed by atoms with Crippen molar-refractivity contribution in [2.75, 3.05) is 0 Å². The molecule has 0 bridgehead atoms. The zero-order chi connectivity index (χ0) is 8.65. The van der Waals surface area contributed by atoms with E-state index < -0.39 is 0 Å². The molecule has 64 valence electrons. The molecule has 0 radical (unpaired) electrons. The zero-order valence-corrected chi connectivity index (χ0v) is 7.68. The number of rotatable bonds is 1. The van der Waals surface area contributed by atoms with Gasteiger partial charge in [0.15, 0.2) is 0 Å². The molecule has 0 aromatic heterocycles. The van der Waals surface area contributed by atoms with Crippen molar-refractivity contribution < 1.29 is 9.53 Å². The smallest absolute Gasteiger partial charge is 0.309 e. The first-order valence-corrected chi connectivity index (χ1v) is 4.13. The van der Waals surface area contributed by atoms with Crippen LogP contribution in [0.2, 0.25) is 0 Å². The first-order valence-electron chi connectivity index (χ1n) is 4.13. The van der Waals surface area contributed by atoms with E-state index in [4.69, 9.17) is 4.74 Å².